The van der Waals surface area contributed by atoms with Crippen LogP contribution in [0, 0.1) is 6.92 Å². The third-order valence-electron chi connectivity index (χ3n) is 3.02. The first-order valence-corrected chi connectivity index (χ1v) is 5.19. The summed E-state index contributed by atoms with van der Waals surface area (Å²) < 4.78 is 0. The number of pyridine rings is 1. The van der Waals surface area contributed by atoms with Crippen molar-refractivity contribution < 1.29 is 0 Å². The molecule has 0 radical (unpaired) electrons. The first-order valence-electron chi connectivity index (χ1n) is 5.19. The van der Waals surface area contributed by atoms with E-state index in [1.807, 2.05) is 12.4 Å². The van der Waals surface area contributed by atoms with Crippen LogP contribution in [-0.2, 0) is 0 Å². The lowest BCUT2D eigenvalue weighted by Crippen LogP contribution is -1.87. The van der Waals surface area contributed by atoms with E-state index in [2.05, 4.69) is 30.1 Å². The van der Waals surface area contributed by atoms with E-state index < -0.39 is 0 Å². The van der Waals surface area contributed by atoms with Crippen molar-refractivity contribution in [2.75, 3.05) is 0 Å². The largest absolute Gasteiger partial charge is 0.264 e. The third kappa shape index (κ3) is 1.12. The minimum Gasteiger partial charge on any atom is -0.264 e. The summed E-state index contributed by atoms with van der Waals surface area (Å²) in [5, 5.41) is 2.72. The second kappa shape index (κ2) is 2.81. The summed E-state index contributed by atoms with van der Waals surface area (Å²) in [6, 6.07) is 6.57. The van der Waals surface area contributed by atoms with Gasteiger partial charge in [-0.05, 0) is 42.2 Å². The van der Waals surface area contributed by atoms with E-state index in [0.717, 1.165) is 5.92 Å². The number of aryl methyl sites for hydroxylation is 1. The van der Waals surface area contributed by atoms with Crippen molar-refractivity contribution in [1.29, 1.82) is 0 Å². The molecule has 0 bridgehead atoms. The Balaban J connectivity index is 2.37. The number of nitrogens with zero attached hydrogens (tertiary/aromatic N) is 1. The van der Waals surface area contributed by atoms with Crippen molar-refractivity contribution in [3.63, 3.8) is 0 Å². The van der Waals surface area contributed by atoms with Gasteiger partial charge in [-0.1, -0.05) is 18.2 Å². The smallest absolute Gasteiger partial charge is 0.0346 e. The Bertz CT molecular complexity index is 478. The van der Waals surface area contributed by atoms with Crippen molar-refractivity contribution in [3.05, 3.63) is 41.7 Å². The number of aromatic nitrogens is 1. The molecule has 1 fully saturated rings. The molecule has 0 spiro atoms. The van der Waals surface area contributed by atoms with E-state index in [1.165, 1.54) is 34.7 Å². The molecule has 3 rings (SSSR count). The van der Waals surface area contributed by atoms with E-state index >= 15 is 0 Å². The number of rotatable bonds is 1. The van der Waals surface area contributed by atoms with Crippen molar-refractivity contribution in [1.82, 2.24) is 4.98 Å². The van der Waals surface area contributed by atoms with Crippen molar-refractivity contribution in [3.8, 4) is 0 Å². The monoisotopic (exact) mass is 183 g/mol. The van der Waals surface area contributed by atoms with Gasteiger partial charge in [-0.2, -0.15) is 0 Å². The summed E-state index contributed by atoms with van der Waals surface area (Å²) in [5.41, 5.74) is 2.84. The molecular formula is C13H13N. The molecule has 1 aromatic carbocycles. The number of hydrogen-bond acceptors (Lipinski definition) is 1. The fourth-order valence-corrected chi connectivity index (χ4v) is 2.18. The van der Waals surface area contributed by atoms with E-state index in [0.29, 0.717) is 0 Å². The van der Waals surface area contributed by atoms with Gasteiger partial charge in [-0.3, -0.25) is 4.98 Å². The molecule has 14 heavy (non-hydrogen) atoms. The summed E-state index contributed by atoms with van der Waals surface area (Å²) >= 11 is 0. The SMILES string of the molecule is Cc1cncc2cccc(C3CC3)c12. The first-order chi connectivity index (χ1) is 6.86. The maximum atomic E-state index is 4.23. The van der Waals surface area contributed by atoms with Crippen LogP contribution in [0.5, 0.6) is 0 Å². The summed E-state index contributed by atoms with van der Waals surface area (Å²) in [5.74, 6) is 0.819. The number of hydrogen-bond donors (Lipinski definition) is 0. The van der Waals surface area contributed by atoms with Gasteiger partial charge < -0.3 is 0 Å². The molecule has 0 N–H and O–H groups in total. The van der Waals surface area contributed by atoms with Gasteiger partial charge in [0, 0.05) is 17.8 Å². The second-order valence-corrected chi connectivity index (χ2v) is 4.18. The van der Waals surface area contributed by atoms with Crippen LogP contribution in [0.25, 0.3) is 10.8 Å². The molecule has 1 aliphatic carbocycles. The lowest BCUT2D eigenvalue weighted by molar-refractivity contribution is 1.14. The topological polar surface area (TPSA) is 12.9 Å². The molecule has 70 valence electrons. The van der Waals surface area contributed by atoms with Crippen LogP contribution in [0.15, 0.2) is 30.6 Å². The Hall–Kier alpha value is -1.37. The van der Waals surface area contributed by atoms with Crippen LogP contribution in [-0.4, -0.2) is 4.98 Å². The maximum Gasteiger partial charge on any atom is 0.0346 e. The van der Waals surface area contributed by atoms with Gasteiger partial charge in [0.05, 0.1) is 0 Å². The van der Waals surface area contributed by atoms with Crippen LogP contribution in [0.2, 0.25) is 0 Å². The summed E-state index contributed by atoms with van der Waals surface area (Å²) in [6.45, 7) is 2.15. The minimum atomic E-state index is 0.819. The number of benzene rings is 1. The Labute approximate surface area is 83.8 Å². The predicted octanol–water partition coefficient (Wildman–Crippen LogP) is 3.42. The standard InChI is InChI=1S/C13H13N/c1-9-7-14-8-11-3-2-4-12(13(9)11)10-5-6-10/h2-4,7-8,10H,5-6H2,1H3. The highest BCUT2D eigenvalue weighted by Gasteiger charge is 2.25. The van der Waals surface area contributed by atoms with Crippen LogP contribution in [0.4, 0.5) is 0 Å². The summed E-state index contributed by atoms with van der Waals surface area (Å²) in [6.07, 6.45) is 6.66. The zero-order chi connectivity index (χ0) is 9.54. The normalized spacial score (nSPS) is 16.1. The molecule has 0 amide bonds. The summed E-state index contributed by atoms with van der Waals surface area (Å²) in [4.78, 5) is 4.23. The fourth-order valence-electron chi connectivity index (χ4n) is 2.18. The molecule has 1 aliphatic rings. The van der Waals surface area contributed by atoms with E-state index in [4.69, 9.17) is 0 Å². The molecule has 0 unspecified atom stereocenters. The molecule has 1 heterocycles. The maximum absolute atomic E-state index is 4.23. The van der Waals surface area contributed by atoms with E-state index in [1.54, 1.807) is 0 Å². The van der Waals surface area contributed by atoms with Crippen molar-refractivity contribution in [2.24, 2.45) is 0 Å². The van der Waals surface area contributed by atoms with Crippen molar-refractivity contribution in [2.45, 2.75) is 25.7 Å². The third-order valence-corrected chi connectivity index (χ3v) is 3.02. The van der Waals surface area contributed by atoms with E-state index in [-0.39, 0.29) is 0 Å². The van der Waals surface area contributed by atoms with Gasteiger partial charge in [0.15, 0.2) is 0 Å². The minimum absolute atomic E-state index is 0.819. The molecule has 1 nitrogen and oxygen atoms in total. The first kappa shape index (κ1) is 7.98. The Morgan fingerprint density at radius 1 is 1.21 bits per heavy atom. The highest BCUT2D eigenvalue weighted by Crippen LogP contribution is 2.43. The Morgan fingerprint density at radius 2 is 2.07 bits per heavy atom. The average molecular weight is 183 g/mol. The fraction of sp³-hybridized carbons (Fsp3) is 0.308. The predicted molar refractivity (Wildman–Crippen MR) is 58.5 cm³/mol. The Kier molecular flexibility index (Phi) is 1.60. The number of fused-ring (bicyclic) bond motifs is 1. The molecule has 2 aromatic rings. The molecular weight excluding hydrogens is 170 g/mol. The summed E-state index contributed by atoms with van der Waals surface area (Å²) in [7, 11) is 0. The quantitative estimate of drug-likeness (QED) is 0.660. The van der Waals surface area contributed by atoms with Crippen LogP contribution < -0.4 is 0 Å². The van der Waals surface area contributed by atoms with Crippen LogP contribution >= 0.6 is 0 Å². The lowest BCUT2D eigenvalue weighted by Gasteiger charge is -2.07. The molecule has 1 aromatic heterocycles. The van der Waals surface area contributed by atoms with Gasteiger partial charge in [0.1, 0.15) is 0 Å². The van der Waals surface area contributed by atoms with Gasteiger partial charge >= 0.3 is 0 Å². The van der Waals surface area contributed by atoms with Gasteiger partial charge in [-0.25, -0.2) is 0 Å². The van der Waals surface area contributed by atoms with Gasteiger partial charge in [0.25, 0.3) is 0 Å². The van der Waals surface area contributed by atoms with E-state index in [9.17, 15) is 0 Å². The van der Waals surface area contributed by atoms with Crippen LogP contribution in [0.3, 0.4) is 0 Å². The second-order valence-electron chi connectivity index (χ2n) is 4.18. The van der Waals surface area contributed by atoms with Crippen molar-refractivity contribution >= 4 is 10.8 Å². The molecule has 0 aliphatic heterocycles. The average Bonchev–Trinajstić information content (AvgIpc) is 3.01. The van der Waals surface area contributed by atoms with Gasteiger partial charge in [-0.15, -0.1) is 0 Å². The van der Waals surface area contributed by atoms with Gasteiger partial charge in [0.2, 0.25) is 0 Å². The highest BCUT2D eigenvalue weighted by molar-refractivity contribution is 5.88. The highest BCUT2D eigenvalue weighted by atomic mass is 14.6. The molecule has 1 saturated carbocycles. The zero-order valence-corrected chi connectivity index (χ0v) is 8.33. The lowest BCUT2D eigenvalue weighted by atomic mass is 9.99. The van der Waals surface area contributed by atoms with Crippen LogP contribution in [0.1, 0.15) is 29.9 Å². The molecule has 0 atom stereocenters. The zero-order valence-electron chi connectivity index (χ0n) is 8.33. The Morgan fingerprint density at radius 3 is 2.86 bits per heavy atom. The molecule has 1 heteroatoms. The molecule has 0 saturated heterocycles.